The summed E-state index contributed by atoms with van der Waals surface area (Å²) in [5.74, 6) is 4.10. The van der Waals surface area contributed by atoms with E-state index in [-0.39, 0.29) is 25.4 Å². The van der Waals surface area contributed by atoms with Gasteiger partial charge in [0.1, 0.15) is 22.9 Å². The molecule has 2 aliphatic carbocycles. The maximum Gasteiger partial charge on any atom is 0.188 e. The smallest absolute Gasteiger partial charge is 0.188 e. The molecule has 0 aromatic heterocycles. The van der Waals surface area contributed by atoms with Crippen molar-refractivity contribution in [1.82, 2.24) is 9.80 Å². The molecule has 2 bridgehead atoms. The molecule has 2 atom stereocenters. The summed E-state index contributed by atoms with van der Waals surface area (Å²) in [6.45, 7) is 5.31. The summed E-state index contributed by atoms with van der Waals surface area (Å²) in [6, 6.07) is 15.4. The Kier molecular flexibility index (Phi) is 10.8. The maximum absolute atomic E-state index is 9.52. The molecule has 4 heterocycles. The van der Waals surface area contributed by atoms with Crippen molar-refractivity contribution in [3.63, 3.8) is 0 Å². The predicted molar refractivity (Wildman–Crippen MR) is 206 cm³/mol. The van der Waals surface area contributed by atoms with Gasteiger partial charge in [0.2, 0.25) is 0 Å². The van der Waals surface area contributed by atoms with E-state index in [1.807, 2.05) is 48.5 Å². The standard InChI is InChI=1S/C40H46N8O6/c1-49-23-53-30-10-8-25(9-11-30)37-44-36(34(42)40(45-37)48-14-18-52-19-15-48)32-26-6-7-27(32)21-29(20-26)35-33(41)39(47-12-16-51-17-13-47)46-38(43-35)28-4-3-5-31(22-28)54-24-50-2/h3-5,8-11,22,26-27,41-42H,6-7,12-21,23-24H2,1-2H3. The number of nitrogens with zero attached hydrogens (tertiary/aromatic N) is 6. The minimum atomic E-state index is 0.137. The summed E-state index contributed by atoms with van der Waals surface area (Å²) in [4.78, 5) is 24.5. The number of hydrogen-bond donors (Lipinski definition) is 2. The fraction of sp³-hybridized carbons (Fsp3) is 0.450. The number of methoxy groups -OCH3 is 2. The number of amidine groups is 4. The Hall–Kier alpha value is -5.02. The Morgan fingerprint density at radius 1 is 0.648 bits per heavy atom. The predicted octanol–water partition coefficient (Wildman–Crippen LogP) is 4.70. The Balaban J connectivity index is 1.16. The molecule has 0 spiro atoms. The Bertz CT molecular complexity index is 1950. The van der Waals surface area contributed by atoms with Gasteiger partial charge in [-0.05, 0) is 85.1 Å². The second-order valence-electron chi connectivity index (χ2n) is 14.0. The molecule has 4 fully saturated rings. The molecule has 2 saturated carbocycles. The number of morpholine rings is 2. The number of allylic oxidation sites excluding steroid dienone is 2. The van der Waals surface area contributed by atoms with E-state index < -0.39 is 0 Å². The normalized spacial score (nSPS) is 23.3. The molecule has 2 aromatic rings. The first-order valence-corrected chi connectivity index (χ1v) is 18.6. The van der Waals surface area contributed by atoms with Crippen LogP contribution >= 0.6 is 0 Å². The Morgan fingerprint density at radius 2 is 1.19 bits per heavy atom. The number of nitrogens with one attached hydrogen (secondary N) is 2. The van der Waals surface area contributed by atoms with E-state index in [1.165, 1.54) is 5.57 Å². The summed E-state index contributed by atoms with van der Waals surface area (Å²) < 4.78 is 32.9. The van der Waals surface area contributed by atoms with Crippen LogP contribution in [0.4, 0.5) is 0 Å². The van der Waals surface area contributed by atoms with E-state index in [0.29, 0.717) is 105 Å². The molecule has 2 saturated heterocycles. The quantitative estimate of drug-likeness (QED) is 0.370. The maximum atomic E-state index is 9.52. The van der Waals surface area contributed by atoms with Gasteiger partial charge in [0, 0.05) is 51.5 Å². The van der Waals surface area contributed by atoms with Crippen molar-refractivity contribution in [1.29, 1.82) is 10.8 Å². The van der Waals surface area contributed by atoms with Crippen molar-refractivity contribution in [3.05, 3.63) is 82.2 Å². The fourth-order valence-electron chi connectivity index (χ4n) is 8.04. The highest BCUT2D eigenvalue weighted by molar-refractivity contribution is 6.50. The fourth-order valence-corrected chi connectivity index (χ4v) is 8.04. The molecule has 2 unspecified atom stereocenters. The lowest BCUT2D eigenvalue weighted by molar-refractivity contribution is 0.0509. The number of aliphatic imine (C=N–C) groups is 4. The highest BCUT2D eigenvalue weighted by atomic mass is 16.7. The largest absolute Gasteiger partial charge is 0.468 e. The second kappa shape index (κ2) is 16.1. The summed E-state index contributed by atoms with van der Waals surface area (Å²) in [6.07, 6.45) is 3.46. The van der Waals surface area contributed by atoms with Crippen LogP contribution < -0.4 is 9.47 Å². The first-order chi connectivity index (χ1) is 26.5. The van der Waals surface area contributed by atoms with E-state index in [9.17, 15) is 10.8 Å². The molecule has 2 aromatic carbocycles. The summed E-state index contributed by atoms with van der Waals surface area (Å²) in [5, 5.41) is 19.0. The van der Waals surface area contributed by atoms with Crippen molar-refractivity contribution < 1.29 is 28.4 Å². The summed E-state index contributed by atoms with van der Waals surface area (Å²) >= 11 is 0. The lowest BCUT2D eigenvalue weighted by Gasteiger charge is -2.35. The zero-order chi connectivity index (χ0) is 37.0. The lowest BCUT2D eigenvalue weighted by atomic mass is 9.77. The molecule has 54 heavy (non-hydrogen) atoms. The highest BCUT2D eigenvalue weighted by Gasteiger charge is 2.42. The van der Waals surface area contributed by atoms with E-state index in [2.05, 4.69) is 9.80 Å². The number of ether oxygens (including phenoxy) is 6. The lowest BCUT2D eigenvalue weighted by Crippen LogP contribution is -2.46. The minimum Gasteiger partial charge on any atom is -0.468 e. The topological polar surface area (TPSA) is 159 Å². The van der Waals surface area contributed by atoms with Gasteiger partial charge in [-0.2, -0.15) is 0 Å². The van der Waals surface area contributed by atoms with Gasteiger partial charge in [-0.1, -0.05) is 12.1 Å². The van der Waals surface area contributed by atoms with Crippen molar-refractivity contribution in [2.24, 2.45) is 31.8 Å². The SMILES string of the molecule is COCOc1ccc(C2=NC(=C3C4CCC3CC(=C3N=C(c5cccc(OCOC)c5)N=C(N5CCOCC5)C3=N)C4)C(=N)C(N3CCOCC3)=N2)cc1. The molecule has 282 valence electrons. The van der Waals surface area contributed by atoms with Gasteiger partial charge in [-0.3, -0.25) is 10.8 Å². The van der Waals surface area contributed by atoms with Crippen LogP contribution in [0, 0.1) is 22.7 Å². The van der Waals surface area contributed by atoms with Gasteiger partial charge in [0.05, 0.1) is 37.8 Å². The van der Waals surface area contributed by atoms with Gasteiger partial charge in [0.25, 0.3) is 0 Å². The van der Waals surface area contributed by atoms with Crippen LogP contribution in [0.5, 0.6) is 11.5 Å². The molecule has 14 nitrogen and oxygen atoms in total. The number of rotatable bonds is 8. The first kappa shape index (κ1) is 36.0. The highest BCUT2D eigenvalue weighted by Crippen LogP contribution is 2.51. The van der Waals surface area contributed by atoms with Gasteiger partial charge in [0.15, 0.2) is 36.9 Å². The molecular formula is C40H46N8O6. The van der Waals surface area contributed by atoms with Crippen molar-refractivity contribution in [2.75, 3.05) is 80.4 Å². The van der Waals surface area contributed by atoms with Crippen molar-refractivity contribution in [3.8, 4) is 11.5 Å². The van der Waals surface area contributed by atoms with Crippen LogP contribution in [0.1, 0.15) is 36.8 Å². The summed E-state index contributed by atoms with van der Waals surface area (Å²) in [7, 11) is 3.19. The molecule has 0 radical (unpaired) electrons. The molecule has 8 rings (SSSR count). The van der Waals surface area contributed by atoms with Crippen LogP contribution in [0.15, 0.2) is 91.0 Å². The second-order valence-corrected chi connectivity index (χ2v) is 14.0. The average Bonchev–Trinajstić information content (AvgIpc) is 3.48. The van der Waals surface area contributed by atoms with Crippen LogP contribution in [-0.2, 0) is 18.9 Å². The van der Waals surface area contributed by atoms with Gasteiger partial charge in [-0.25, -0.2) is 20.0 Å². The molecular weight excluding hydrogens is 688 g/mol. The Morgan fingerprint density at radius 3 is 1.78 bits per heavy atom. The first-order valence-electron chi connectivity index (χ1n) is 18.6. The number of benzene rings is 2. The van der Waals surface area contributed by atoms with Crippen LogP contribution in [-0.4, -0.2) is 125 Å². The molecule has 14 heteroatoms. The van der Waals surface area contributed by atoms with Gasteiger partial charge in [-0.15, -0.1) is 0 Å². The summed E-state index contributed by atoms with van der Waals surface area (Å²) in [5.41, 5.74) is 6.18. The van der Waals surface area contributed by atoms with Crippen LogP contribution in [0.2, 0.25) is 0 Å². The van der Waals surface area contributed by atoms with E-state index >= 15 is 0 Å². The molecule has 6 aliphatic rings. The molecule has 4 aliphatic heterocycles. The van der Waals surface area contributed by atoms with Gasteiger partial charge >= 0.3 is 0 Å². The third-order valence-electron chi connectivity index (χ3n) is 10.6. The minimum absolute atomic E-state index is 0.137. The van der Waals surface area contributed by atoms with E-state index in [4.69, 9.17) is 48.4 Å². The third-order valence-corrected chi connectivity index (χ3v) is 10.6. The average molecular weight is 735 g/mol. The van der Waals surface area contributed by atoms with E-state index in [1.54, 1.807) is 14.2 Å². The molecule has 2 N–H and O–H groups in total. The monoisotopic (exact) mass is 734 g/mol. The third kappa shape index (κ3) is 7.38. The van der Waals surface area contributed by atoms with Gasteiger partial charge < -0.3 is 38.2 Å². The zero-order valence-corrected chi connectivity index (χ0v) is 30.8. The van der Waals surface area contributed by atoms with E-state index in [0.717, 1.165) is 48.1 Å². The van der Waals surface area contributed by atoms with Crippen molar-refractivity contribution >= 4 is 34.8 Å². The van der Waals surface area contributed by atoms with Crippen molar-refractivity contribution in [2.45, 2.75) is 25.7 Å². The number of hydrogen-bond acceptors (Lipinski definition) is 14. The molecule has 0 amide bonds. The number of fused-ring (bicyclic) bond motifs is 2. The van der Waals surface area contributed by atoms with Crippen LogP contribution in [0.3, 0.4) is 0 Å². The van der Waals surface area contributed by atoms with Crippen LogP contribution in [0.25, 0.3) is 0 Å². The Labute approximate surface area is 314 Å². The zero-order valence-electron chi connectivity index (χ0n) is 30.8.